The number of ether oxygens (including phenoxy) is 2. The van der Waals surface area contributed by atoms with Gasteiger partial charge in [0.15, 0.2) is 11.5 Å². The van der Waals surface area contributed by atoms with Crippen LogP contribution in [0.2, 0.25) is 0 Å². The van der Waals surface area contributed by atoms with E-state index in [0.717, 1.165) is 37.1 Å². The molecule has 0 bridgehead atoms. The molecule has 122 valence electrons. The van der Waals surface area contributed by atoms with Gasteiger partial charge in [0.1, 0.15) is 0 Å². The van der Waals surface area contributed by atoms with Crippen molar-refractivity contribution in [1.29, 1.82) is 0 Å². The van der Waals surface area contributed by atoms with E-state index in [1.54, 1.807) is 12.2 Å². The maximum Gasteiger partial charge on any atom is 0.243 e. The lowest BCUT2D eigenvalue weighted by molar-refractivity contribution is -0.116. The largest absolute Gasteiger partial charge is 0.490 e. The van der Waals surface area contributed by atoms with Crippen LogP contribution in [0.25, 0.3) is 6.08 Å². The number of hydrogen-bond donors (Lipinski definition) is 1. The smallest absolute Gasteiger partial charge is 0.243 e. The number of rotatable bonds is 10. The van der Waals surface area contributed by atoms with E-state index in [9.17, 15) is 4.79 Å². The van der Waals surface area contributed by atoms with Crippen LogP contribution in [0.4, 0.5) is 0 Å². The minimum absolute atomic E-state index is 0.0667. The number of hydrogen-bond acceptors (Lipinski definition) is 3. The molecule has 4 heteroatoms. The molecular weight excluding hydrogens is 278 g/mol. The standard InChI is InChI=1S/C18H27NO3/c1-4-7-8-13-19-18(20)12-10-15-9-11-16(21-5-2)17(14-15)22-6-3/h9-12,14H,4-8,13H2,1-3H3,(H,19,20). The van der Waals surface area contributed by atoms with Gasteiger partial charge in [0, 0.05) is 12.6 Å². The van der Waals surface area contributed by atoms with E-state index in [4.69, 9.17) is 9.47 Å². The van der Waals surface area contributed by atoms with Gasteiger partial charge in [-0.1, -0.05) is 25.8 Å². The quantitative estimate of drug-likeness (QED) is 0.528. The summed E-state index contributed by atoms with van der Waals surface area (Å²) in [6.07, 6.45) is 6.65. The summed E-state index contributed by atoms with van der Waals surface area (Å²) >= 11 is 0. The molecule has 0 aromatic heterocycles. The van der Waals surface area contributed by atoms with Crippen LogP contribution in [0.3, 0.4) is 0 Å². The van der Waals surface area contributed by atoms with Gasteiger partial charge < -0.3 is 14.8 Å². The Morgan fingerprint density at radius 3 is 2.50 bits per heavy atom. The first kappa shape index (κ1) is 18.1. The molecule has 0 fully saturated rings. The second kappa shape index (κ2) is 10.7. The first-order valence-electron chi connectivity index (χ1n) is 8.06. The third-order valence-corrected chi connectivity index (χ3v) is 3.07. The zero-order valence-corrected chi connectivity index (χ0v) is 13.9. The van der Waals surface area contributed by atoms with Crippen LogP contribution in [-0.2, 0) is 4.79 Å². The lowest BCUT2D eigenvalue weighted by Gasteiger charge is -2.11. The van der Waals surface area contributed by atoms with Crippen LogP contribution in [-0.4, -0.2) is 25.7 Å². The van der Waals surface area contributed by atoms with Gasteiger partial charge in [-0.05, 0) is 44.0 Å². The van der Waals surface area contributed by atoms with Crippen LogP contribution < -0.4 is 14.8 Å². The summed E-state index contributed by atoms with van der Waals surface area (Å²) in [6.45, 7) is 7.91. The van der Waals surface area contributed by atoms with Crippen molar-refractivity contribution in [1.82, 2.24) is 5.32 Å². The number of unbranched alkanes of at least 4 members (excludes halogenated alkanes) is 2. The van der Waals surface area contributed by atoms with E-state index >= 15 is 0 Å². The molecule has 22 heavy (non-hydrogen) atoms. The number of amides is 1. The highest BCUT2D eigenvalue weighted by atomic mass is 16.5. The van der Waals surface area contributed by atoms with Crippen LogP contribution in [0.15, 0.2) is 24.3 Å². The average Bonchev–Trinajstić information content (AvgIpc) is 2.52. The normalized spacial score (nSPS) is 10.7. The van der Waals surface area contributed by atoms with Crippen molar-refractivity contribution in [2.75, 3.05) is 19.8 Å². The summed E-state index contributed by atoms with van der Waals surface area (Å²) in [5, 5.41) is 2.88. The summed E-state index contributed by atoms with van der Waals surface area (Å²) < 4.78 is 11.1. The number of nitrogens with one attached hydrogen (secondary N) is 1. The van der Waals surface area contributed by atoms with Gasteiger partial charge in [-0.15, -0.1) is 0 Å². The van der Waals surface area contributed by atoms with Crippen molar-refractivity contribution in [3.8, 4) is 11.5 Å². The van der Waals surface area contributed by atoms with Crippen molar-refractivity contribution >= 4 is 12.0 Å². The van der Waals surface area contributed by atoms with E-state index in [1.807, 2.05) is 32.0 Å². The van der Waals surface area contributed by atoms with Gasteiger partial charge in [-0.2, -0.15) is 0 Å². The summed E-state index contributed by atoms with van der Waals surface area (Å²) in [7, 11) is 0. The van der Waals surface area contributed by atoms with Gasteiger partial charge in [0.05, 0.1) is 13.2 Å². The predicted octanol–water partition coefficient (Wildman–Crippen LogP) is 3.80. The van der Waals surface area contributed by atoms with Crippen LogP contribution in [0.1, 0.15) is 45.6 Å². The molecule has 0 saturated heterocycles. The molecule has 0 aliphatic carbocycles. The molecule has 0 heterocycles. The van der Waals surface area contributed by atoms with Crippen molar-refractivity contribution in [3.05, 3.63) is 29.8 Å². The molecule has 1 amide bonds. The Morgan fingerprint density at radius 2 is 1.82 bits per heavy atom. The third-order valence-electron chi connectivity index (χ3n) is 3.07. The molecule has 0 aliphatic heterocycles. The molecule has 0 unspecified atom stereocenters. The molecule has 0 radical (unpaired) electrons. The maximum atomic E-state index is 11.7. The number of benzene rings is 1. The lowest BCUT2D eigenvalue weighted by atomic mass is 10.2. The molecule has 1 N–H and O–H groups in total. The fraction of sp³-hybridized carbons (Fsp3) is 0.500. The highest BCUT2D eigenvalue weighted by molar-refractivity contribution is 5.91. The zero-order valence-electron chi connectivity index (χ0n) is 13.9. The third kappa shape index (κ3) is 6.66. The van der Waals surface area contributed by atoms with E-state index in [2.05, 4.69) is 12.2 Å². The molecule has 0 saturated carbocycles. The predicted molar refractivity (Wildman–Crippen MR) is 90.3 cm³/mol. The second-order valence-corrected chi connectivity index (χ2v) is 4.90. The van der Waals surface area contributed by atoms with Crippen molar-refractivity contribution < 1.29 is 14.3 Å². The molecule has 0 spiro atoms. The molecule has 1 aromatic carbocycles. The Kier molecular flexibility index (Phi) is 8.80. The summed E-state index contributed by atoms with van der Waals surface area (Å²) in [4.78, 5) is 11.7. The monoisotopic (exact) mass is 305 g/mol. The Balaban J connectivity index is 2.62. The summed E-state index contributed by atoms with van der Waals surface area (Å²) in [5.74, 6) is 1.36. The van der Waals surface area contributed by atoms with Crippen LogP contribution in [0, 0.1) is 0 Å². The van der Waals surface area contributed by atoms with E-state index in [1.165, 1.54) is 0 Å². The number of carbonyl (C=O) groups is 1. The number of carbonyl (C=O) groups excluding carboxylic acids is 1. The highest BCUT2D eigenvalue weighted by Gasteiger charge is 2.05. The first-order chi connectivity index (χ1) is 10.7. The molecular formula is C18H27NO3. The Hall–Kier alpha value is -1.97. The van der Waals surface area contributed by atoms with Gasteiger partial charge >= 0.3 is 0 Å². The summed E-state index contributed by atoms with van der Waals surface area (Å²) in [5.41, 5.74) is 0.913. The lowest BCUT2D eigenvalue weighted by Crippen LogP contribution is -2.21. The average molecular weight is 305 g/mol. The Bertz CT molecular complexity index is 483. The maximum absolute atomic E-state index is 11.7. The van der Waals surface area contributed by atoms with Gasteiger partial charge in [-0.3, -0.25) is 4.79 Å². The van der Waals surface area contributed by atoms with Crippen LogP contribution >= 0.6 is 0 Å². The van der Waals surface area contributed by atoms with Gasteiger partial charge in [-0.25, -0.2) is 0 Å². The van der Waals surface area contributed by atoms with Gasteiger partial charge in [0.2, 0.25) is 5.91 Å². The fourth-order valence-corrected chi connectivity index (χ4v) is 1.99. The molecule has 4 nitrogen and oxygen atoms in total. The van der Waals surface area contributed by atoms with Crippen molar-refractivity contribution in [3.63, 3.8) is 0 Å². The van der Waals surface area contributed by atoms with Gasteiger partial charge in [0.25, 0.3) is 0 Å². The highest BCUT2D eigenvalue weighted by Crippen LogP contribution is 2.28. The van der Waals surface area contributed by atoms with Crippen molar-refractivity contribution in [2.45, 2.75) is 40.0 Å². The second-order valence-electron chi connectivity index (χ2n) is 4.90. The first-order valence-corrected chi connectivity index (χ1v) is 8.06. The minimum atomic E-state index is -0.0667. The van der Waals surface area contributed by atoms with E-state index in [0.29, 0.717) is 19.0 Å². The van der Waals surface area contributed by atoms with Crippen LogP contribution in [0.5, 0.6) is 11.5 Å². The zero-order chi connectivity index (χ0) is 16.2. The molecule has 1 aromatic rings. The summed E-state index contributed by atoms with van der Waals surface area (Å²) in [6, 6.07) is 5.66. The fourth-order valence-electron chi connectivity index (χ4n) is 1.99. The SMILES string of the molecule is CCCCCNC(=O)C=Cc1ccc(OCC)c(OCC)c1. The Morgan fingerprint density at radius 1 is 1.09 bits per heavy atom. The van der Waals surface area contributed by atoms with E-state index in [-0.39, 0.29) is 5.91 Å². The minimum Gasteiger partial charge on any atom is -0.490 e. The van der Waals surface area contributed by atoms with E-state index < -0.39 is 0 Å². The molecule has 1 rings (SSSR count). The van der Waals surface area contributed by atoms with Crippen molar-refractivity contribution in [2.24, 2.45) is 0 Å². The molecule has 0 atom stereocenters. The molecule has 0 aliphatic rings. The topological polar surface area (TPSA) is 47.6 Å². The Labute approximate surface area is 133 Å².